The number of rotatable bonds is 5. The van der Waals surface area contributed by atoms with Gasteiger partial charge < -0.3 is 10.1 Å². The van der Waals surface area contributed by atoms with Crippen molar-refractivity contribution in [3.05, 3.63) is 24.3 Å². The molecular weight excluding hydrogens is 205 g/mol. The summed E-state index contributed by atoms with van der Waals surface area (Å²) < 4.78 is 17.2. The molecule has 0 unspecified atom stereocenters. The summed E-state index contributed by atoms with van der Waals surface area (Å²) in [5.41, 5.74) is 1.24. The van der Waals surface area contributed by atoms with Gasteiger partial charge in [-0.25, -0.2) is 4.39 Å². The number of hydrogen-bond acceptors (Lipinski definition) is 2. The highest BCUT2D eigenvalue weighted by Crippen LogP contribution is 2.19. The minimum atomic E-state index is -0.459. The molecule has 0 radical (unpaired) electrons. The van der Waals surface area contributed by atoms with Crippen LogP contribution in [0.2, 0.25) is 0 Å². The molecule has 90 valence electrons. The Bertz CT molecular complexity index is 320. The third-order valence-electron chi connectivity index (χ3n) is 2.00. The average molecular weight is 225 g/mol. The highest BCUT2D eigenvalue weighted by Gasteiger charge is 2.09. The molecule has 3 heteroatoms. The van der Waals surface area contributed by atoms with E-state index >= 15 is 0 Å². The summed E-state index contributed by atoms with van der Waals surface area (Å²) in [7, 11) is 0. The molecule has 0 amide bonds. The van der Waals surface area contributed by atoms with E-state index in [0.29, 0.717) is 5.75 Å². The first-order valence-corrected chi connectivity index (χ1v) is 5.54. The van der Waals surface area contributed by atoms with Gasteiger partial charge in [0.05, 0.1) is 0 Å². The summed E-state index contributed by atoms with van der Waals surface area (Å²) >= 11 is 0. The fourth-order valence-electron chi connectivity index (χ4n) is 1.22. The van der Waals surface area contributed by atoms with Gasteiger partial charge in [0.15, 0.2) is 0 Å². The van der Waals surface area contributed by atoms with Crippen LogP contribution in [0.15, 0.2) is 24.3 Å². The first kappa shape index (κ1) is 12.8. The fourth-order valence-corrected chi connectivity index (χ4v) is 1.22. The fraction of sp³-hybridized carbons (Fsp3) is 0.538. The Morgan fingerprint density at radius 2 is 2.06 bits per heavy atom. The third-order valence-corrected chi connectivity index (χ3v) is 2.00. The van der Waals surface area contributed by atoms with Gasteiger partial charge in [-0.2, -0.15) is 0 Å². The molecule has 2 nitrogen and oxygen atoms in total. The zero-order valence-corrected chi connectivity index (χ0v) is 10.2. The number of halogens is 1. The monoisotopic (exact) mass is 225 g/mol. The summed E-state index contributed by atoms with van der Waals surface area (Å²) in [6.07, 6.45) is 0. The van der Waals surface area contributed by atoms with Crippen molar-refractivity contribution in [1.82, 2.24) is 0 Å². The first-order chi connectivity index (χ1) is 7.51. The lowest BCUT2D eigenvalue weighted by Gasteiger charge is -2.19. The average Bonchev–Trinajstić information content (AvgIpc) is 2.23. The Morgan fingerprint density at radius 3 is 2.69 bits per heavy atom. The van der Waals surface area contributed by atoms with E-state index in [0.717, 1.165) is 12.2 Å². The lowest BCUT2D eigenvalue weighted by atomic mass is 9.97. The van der Waals surface area contributed by atoms with Crippen molar-refractivity contribution in [2.45, 2.75) is 20.8 Å². The number of nitrogens with one attached hydrogen (secondary N) is 1. The number of hydrogen-bond donors (Lipinski definition) is 1. The van der Waals surface area contributed by atoms with Gasteiger partial charge in [-0.15, -0.1) is 0 Å². The third kappa shape index (κ3) is 5.01. The van der Waals surface area contributed by atoms with Gasteiger partial charge in [-0.3, -0.25) is 0 Å². The van der Waals surface area contributed by atoms with E-state index in [4.69, 9.17) is 4.74 Å². The Hall–Kier alpha value is -1.25. The molecule has 0 spiro atoms. The summed E-state index contributed by atoms with van der Waals surface area (Å²) in [5, 5.41) is 3.33. The smallest absolute Gasteiger partial charge is 0.123 e. The second-order valence-corrected chi connectivity index (χ2v) is 4.98. The van der Waals surface area contributed by atoms with Gasteiger partial charge in [-0.05, 0) is 17.5 Å². The zero-order chi connectivity index (χ0) is 12.0. The van der Waals surface area contributed by atoms with Crippen molar-refractivity contribution in [3.8, 4) is 5.75 Å². The van der Waals surface area contributed by atoms with Crippen molar-refractivity contribution >= 4 is 5.69 Å². The van der Waals surface area contributed by atoms with E-state index in [9.17, 15) is 4.39 Å². The molecule has 0 atom stereocenters. The topological polar surface area (TPSA) is 21.3 Å². The van der Waals surface area contributed by atoms with E-state index in [-0.39, 0.29) is 12.0 Å². The first-order valence-electron chi connectivity index (χ1n) is 5.54. The van der Waals surface area contributed by atoms with Gasteiger partial charge in [0, 0.05) is 18.3 Å². The van der Waals surface area contributed by atoms with Gasteiger partial charge in [0.25, 0.3) is 0 Å². The van der Waals surface area contributed by atoms with E-state index in [1.807, 2.05) is 24.3 Å². The molecule has 0 saturated heterocycles. The Morgan fingerprint density at radius 1 is 1.31 bits per heavy atom. The molecule has 0 heterocycles. The molecule has 1 aromatic rings. The Labute approximate surface area is 96.8 Å². The summed E-state index contributed by atoms with van der Waals surface area (Å²) in [6.45, 7) is 7.05. The predicted octanol–water partition coefficient (Wildman–Crippen LogP) is 3.49. The van der Waals surface area contributed by atoms with Crippen molar-refractivity contribution < 1.29 is 9.13 Å². The van der Waals surface area contributed by atoms with Crippen LogP contribution >= 0.6 is 0 Å². The van der Waals surface area contributed by atoms with Crippen LogP contribution in [0.3, 0.4) is 0 Å². The highest BCUT2D eigenvalue weighted by molar-refractivity contribution is 5.48. The van der Waals surface area contributed by atoms with Crippen LogP contribution in [0.4, 0.5) is 10.1 Å². The largest absolute Gasteiger partial charge is 0.491 e. The second kappa shape index (κ2) is 5.73. The maximum atomic E-state index is 11.9. The SMILES string of the molecule is CC(C)(C)CNc1cccc(OCCF)c1. The van der Waals surface area contributed by atoms with Crippen LogP contribution < -0.4 is 10.1 Å². The molecule has 0 aromatic heterocycles. The molecule has 0 aliphatic rings. The zero-order valence-electron chi connectivity index (χ0n) is 10.2. The minimum Gasteiger partial charge on any atom is -0.491 e. The van der Waals surface area contributed by atoms with Crippen molar-refractivity contribution in [1.29, 1.82) is 0 Å². The van der Waals surface area contributed by atoms with Crippen LogP contribution in [-0.2, 0) is 0 Å². The summed E-state index contributed by atoms with van der Waals surface area (Å²) in [4.78, 5) is 0. The predicted molar refractivity (Wildman–Crippen MR) is 65.9 cm³/mol. The van der Waals surface area contributed by atoms with Gasteiger partial charge in [0.2, 0.25) is 0 Å². The van der Waals surface area contributed by atoms with Crippen molar-refractivity contribution in [2.75, 3.05) is 25.1 Å². The lowest BCUT2D eigenvalue weighted by Crippen LogP contribution is -2.18. The minimum absolute atomic E-state index is 0.114. The van der Waals surface area contributed by atoms with Crippen LogP contribution in [0, 0.1) is 5.41 Å². The molecule has 1 aromatic carbocycles. The number of ether oxygens (including phenoxy) is 1. The second-order valence-electron chi connectivity index (χ2n) is 4.98. The van der Waals surface area contributed by atoms with E-state index in [1.54, 1.807) is 0 Å². The summed E-state index contributed by atoms with van der Waals surface area (Å²) in [6, 6.07) is 7.60. The van der Waals surface area contributed by atoms with Crippen LogP contribution in [0.25, 0.3) is 0 Å². The van der Waals surface area contributed by atoms with Gasteiger partial charge in [0.1, 0.15) is 19.0 Å². The Kier molecular flexibility index (Phi) is 4.59. The molecule has 0 saturated carbocycles. The van der Waals surface area contributed by atoms with Gasteiger partial charge >= 0.3 is 0 Å². The highest BCUT2D eigenvalue weighted by atomic mass is 19.1. The van der Waals surface area contributed by atoms with E-state index in [2.05, 4.69) is 26.1 Å². The molecule has 1 N–H and O–H groups in total. The van der Waals surface area contributed by atoms with Crippen LogP contribution in [0.1, 0.15) is 20.8 Å². The molecule has 1 rings (SSSR count). The van der Waals surface area contributed by atoms with Gasteiger partial charge in [-0.1, -0.05) is 26.8 Å². The number of benzene rings is 1. The molecule has 0 bridgehead atoms. The summed E-state index contributed by atoms with van der Waals surface area (Å²) in [5.74, 6) is 0.705. The molecular formula is C13H20FNO. The van der Waals surface area contributed by atoms with Crippen LogP contribution in [0.5, 0.6) is 5.75 Å². The molecule has 0 aliphatic heterocycles. The maximum Gasteiger partial charge on any atom is 0.123 e. The van der Waals surface area contributed by atoms with E-state index < -0.39 is 6.67 Å². The Balaban J connectivity index is 2.53. The standard InChI is InChI=1S/C13H20FNO/c1-13(2,3)10-15-11-5-4-6-12(9-11)16-8-7-14/h4-6,9,15H,7-8,10H2,1-3H3. The van der Waals surface area contributed by atoms with Crippen molar-refractivity contribution in [2.24, 2.45) is 5.41 Å². The molecule has 0 fully saturated rings. The maximum absolute atomic E-state index is 11.9. The molecule has 16 heavy (non-hydrogen) atoms. The lowest BCUT2D eigenvalue weighted by molar-refractivity contribution is 0.273. The number of alkyl halides is 1. The van der Waals surface area contributed by atoms with E-state index in [1.165, 1.54) is 0 Å². The molecule has 0 aliphatic carbocycles. The number of anilines is 1. The van der Waals surface area contributed by atoms with Crippen LogP contribution in [-0.4, -0.2) is 19.8 Å². The normalized spacial score (nSPS) is 11.2. The quantitative estimate of drug-likeness (QED) is 0.828. The van der Waals surface area contributed by atoms with Crippen molar-refractivity contribution in [3.63, 3.8) is 0 Å².